The van der Waals surface area contributed by atoms with Crippen LogP contribution in [0.1, 0.15) is 44.9 Å². The van der Waals surface area contributed by atoms with Crippen LogP contribution in [0.2, 0.25) is 0 Å². The highest BCUT2D eigenvalue weighted by molar-refractivity contribution is 7.13. The number of hydrogen-bond donors (Lipinski definition) is 0. The molecule has 7 rings (SSSR count). The van der Waals surface area contributed by atoms with E-state index < -0.39 is 0 Å². The van der Waals surface area contributed by atoms with Gasteiger partial charge in [-0.1, -0.05) is 25.0 Å². The first-order valence-corrected chi connectivity index (χ1v) is 14.6. The molecule has 2 amide bonds. The summed E-state index contributed by atoms with van der Waals surface area (Å²) in [6.45, 7) is 5.93. The summed E-state index contributed by atoms with van der Waals surface area (Å²) in [6, 6.07) is 8.54. The number of aromatic nitrogens is 1. The summed E-state index contributed by atoms with van der Waals surface area (Å²) < 4.78 is 6.02. The maximum atomic E-state index is 13.3. The molecule has 3 saturated carbocycles. The number of carbonyl (C=O) groups is 2. The summed E-state index contributed by atoms with van der Waals surface area (Å²) in [5.41, 5.74) is 0. The molecule has 0 radical (unpaired) electrons. The summed E-state index contributed by atoms with van der Waals surface area (Å²) in [4.78, 5) is 33.4. The van der Waals surface area contributed by atoms with Crippen molar-refractivity contribution in [3.05, 3.63) is 24.3 Å². The Labute approximate surface area is 211 Å². The van der Waals surface area contributed by atoms with Gasteiger partial charge in [-0.25, -0.2) is 0 Å². The number of imide groups is 1. The van der Waals surface area contributed by atoms with Crippen molar-refractivity contribution in [2.45, 2.75) is 44.9 Å². The molecular formula is C28H36N4O2S. The summed E-state index contributed by atoms with van der Waals surface area (Å²) in [7, 11) is 0. The van der Waals surface area contributed by atoms with Gasteiger partial charge in [0.1, 0.15) is 5.82 Å². The van der Waals surface area contributed by atoms with E-state index in [4.69, 9.17) is 4.37 Å². The molecule has 0 spiro atoms. The third-order valence-electron chi connectivity index (χ3n) is 10.0. The normalized spacial score (nSPS) is 35.4. The van der Waals surface area contributed by atoms with Crippen LogP contribution in [-0.4, -0.2) is 65.3 Å². The fourth-order valence-electron chi connectivity index (χ4n) is 8.22. The van der Waals surface area contributed by atoms with Crippen LogP contribution in [0.4, 0.5) is 5.82 Å². The molecule has 3 aliphatic carbocycles. The van der Waals surface area contributed by atoms with Crippen molar-refractivity contribution in [2.24, 2.45) is 35.5 Å². The molecule has 35 heavy (non-hydrogen) atoms. The smallest absolute Gasteiger partial charge is 0.233 e. The van der Waals surface area contributed by atoms with Crippen LogP contribution in [0.5, 0.6) is 0 Å². The van der Waals surface area contributed by atoms with Crippen molar-refractivity contribution in [2.75, 3.05) is 44.2 Å². The Hall–Kier alpha value is -1.99. The van der Waals surface area contributed by atoms with Gasteiger partial charge in [-0.05, 0) is 79.4 Å². The lowest BCUT2D eigenvalue weighted by Crippen LogP contribution is -2.49. The van der Waals surface area contributed by atoms with Crippen LogP contribution < -0.4 is 4.90 Å². The zero-order chi connectivity index (χ0) is 23.5. The van der Waals surface area contributed by atoms with E-state index >= 15 is 0 Å². The maximum Gasteiger partial charge on any atom is 0.233 e. The van der Waals surface area contributed by atoms with Crippen molar-refractivity contribution in [3.8, 4) is 0 Å². The topological polar surface area (TPSA) is 56.8 Å². The lowest BCUT2D eigenvalue weighted by Gasteiger charge is -2.40. The number of benzene rings is 1. The SMILES string of the molecule is O=C1[C@@H]2[C@H]3CCC(C3)[C@@H]2C(=O)N1C[C@@H]1CCCC[C@H]1CN1CCN(c2nsc3ccccc23)CC1. The summed E-state index contributed by atoms with van der Waals surface area (Å²) in [6.07, 6.45) is 8.35. The minimum atomic E-state index is 0.0261. The fraction of sp³-hybridized carbons (Fsp3) is 0.679. The Morgan fingerprint density at radius 1 is 0.829 bits per heavy atom. The van der Waals surface area contributed by atoms with E-state index in [1.807, 2.05) is 0 Å². The standard InChI is InChI=1S/C28H36N4O2S/c33-27-24-18-9-10-19(15-18)25(24)28(34)32(27)17-21-6-2-1-5-20(21)16-30-11-13-31(14-12-30)26-22-7-3-4-8-23(22)35-29-26/h3-4,7-8,18-21,24-25H,1-2,5-6,9-17H2/t18-,19?,20-,21-,24+,25-/m0/s1. The van der Waals surface area contributed by atoms with Gasteiger partial charge in [-0.2, -0.15) is 4.37 Å². The van der Waals surface area contributed by atoms with Gasteiger partial charge < -0.3 is 4.90 Å². The number of carbonyl (C=O) groups excluding carboxylic acids is 2. The molecule has 1 unspecified atom stereocenters. The van der Waals surface area contributed by atoms with Gasteiger partial charge in [-0.3, -0.25) is 19.4 Å². The van der Waals surface area contributed by atoms with Gasteiger partial charge in [-0.15, -0.1) is 0 Å². The highest BCUT2D eigenvalue weighted by Gasteiger charge is 2.61. The van der Waals surface area contributed by atoms with Gasteiger partial charge in [0.15, 0.2) is 0 Å². The van der Waals surface area contributed by atoms with E-state index in [-0.39, 0.29) is 23.7 Å². The molecule has 2 saturated heterocycles. The zero-order valence-corrected chi connectivity index (χ0v) is 21.3. The summed E-state index contributed by atoms with van der Waals surface area (Å²) in [5, 5.41) is 1.27. The molecule has 6 atom stereocenters. The fourth-order valence-corrected chi connectivity index (χ4v) is 9.02. The van der Waals surface area contributed by atoms with Gasteiger partial charge in [0.25, 0.3) is 0 Å². The van der Waals surface area contributed by atoms with E-state index in [0.29, 0.717) is 30.2 Å². The first-order valence-electron chi connectivity index (χ1n) is 13.8. The lowest BCUT2D eigenvalue weighted by atomic mass is 9.78. The van der Waals surface area contributed by atoms with Crippen molar-refractivity contribution >= 4 is 39.3 Å². The van der Waals surface area contributed by atoms with Crippen molar-refractivity contribution in [3.63, 3.8) is 0 Å². The molecule has 7 heteroatoms. The highest BCUT2D eigenvalue weighted by atomic mass is 32.1. The van der Waals surface area contributed by atoms with E-state index in [9.17, 15) is 9.59 Å². The number of likely N-dealkylation sites (tertiary alicyclic amines) is 1. The van der Waals surface area contributed by atoms with Crippen LogP contribution in [0.3, 0.4) is 0 Å². The second kappa shape index (κ2) is 8.84. The maximum absolute atomic E-state index is 13.3. The first kappa shape index (κ1) is 22.2. The predicted octanol–water partition coefficient (Wildman–Crippen LogP) is 4.26. The highest BCUT2D eigenvalue weighted by Crippen LogP contribution is 2.56. The van der Waals surface area contributed by atoms with E-state index in [1.165, 1.54) is 29.3 Å². The molecule has 186 valence electrons. The summed E-state index contributed by atoms with van der Waals surface area (Å²) >= 11 is 1.60. The van der Waals surface area contributed by atoms with Crippen LogP contribution >= 0.6 is 11.5 Å². The Kier molecular flexibility index (Phi) is 5.61. The number of rotatable bonds is 5. The minimum Gasteiger partial charge on any atom is -0.353 e. The quantitative estimate of drug-likeness (QED) is 0.584. The van der Waals surface area contributed by atoms with Crippen molar-refractivity contribution in [1.29, 1.82) is 0 Å². The summed E-state index contributed by atoms with van der Waals surface area (Å²) in [5.74, 6) is 3.59. The van der Waals surface area contributed by atoms with Gasteiger partial charge in [0, 0.05) is 44.7 Å². The largest absolute Gasteiger partial charge is 0.353 e. The number of nitrogens with zero attached hydrogens (tertiary/aromatic N) is 4. The molecule has 1 aromatic carbocycles. The van der Waals surface area contributed by atoms with E-state index in [2.05, 4.69) is 34.1 Å². The van der Waals surface area contributed by atoms with E-state index in [0.717, 1.165) is 64.2 Å². The lowest BCUT2D eigenvalue weighted by molar-refractivity contribution is -0.142. The Morgan fingerprint density at radius 3 is 2.20 bits per heavy atom. The molecule has 3 heterocycles. The molecule has 5 aliphatic rings. The van der Waals surface area contributed by atoms with Crippen LogP contribution in [0.25, 0.3) is 10.1 Å². The average molecular weight is 493 g/mol. The van der Waals surface area contributed by atoms with Gasteiger partial charge in [0.2, 0.25) is 11.8 Å². The molecule has 2 aromatic rings. The second-order valence-electron chi connectivity index (χ2n) is 11.8. The number of amides is 2. The monoisotopic (exact) mass is 492 g/mol. The third-order valence-corrected chi connectivity index (χ3v) is 10.8. The minimum absolute atomic E-state index is 0.0261. The number of piperazine rings is 1. The van der Waals surface area contributed by atoms with Crippen molar-refractivity contribution < 1.29 is 9.59 Å². The average Bonchev–Trinajstić information content (AvgIpc) is 3.66. The number of anilines is 1. The van der Waals surface area contributed by atoms with Crippen molar-refractivity contribution in [1.82, 2.24) is 14.2 Å². The molecule has 6 nitrogen and oxygen atoms in total. The van der Waals surface area contributed by atoms with Gasteiger partial charge >= 0.3 is 0 Å². The Morgan fingerprint density at radius 2 is 1.49 bits per heavy atom. The molecule has 1 aromatic heterocycles. The predicted molar refractivity (Wildman–Crippen MR) is 138 cm³/mol. The van der Waals surface area contributed by atoms with E-state index in [1.54, 1.807) is 16.4 Å². The van der Waals surface area contributed by atoms with Crippen LogP contribution in [0.15, 0.2) is 24.3 Å². The molecule has 5 fully saturated rings. The molecular weight excluding hydrogens is 456 g/mol. The Balaban J connectivity index is 0.986. The number of fused-ring (bicyclic) bond motifs is 6. The number of hydrogen-bond acceptors (Lipinski definition) is 6. The molecule has 2 bridgehead atoms. The van der Waals surface area contributed by atoms with Crippen LogP contribution in [-0.2, 0) is 9.59 Å². The first-order chi connectivity index (χ1) is 17.2. The zero-order valence-electron chi connectivity index (χ0n) is 20.5. The molecule has 2 aliphatic heterocycles. The third kappa shape index (κ3) is 3.72. The van der Waals surface area contributed by atoms with Gasteiger partial charge in [0.05, 0.1) is 16.5 Å². The second-order valence-corrected chi connectivity index (χ2v) is 12.6. The molecule has 0 N–H and O–H groups in total. The van der Waals surface area contributed by atoms with Crippen LogP contribution in [0, 0.1) is 35.5 Å². The Bertz CT molecular complexity index is 1100.